The van der Waals surface area contributed by atoms with Crippen molar-refractivity contribution >= 4 is 35.3 Å². The third-order valence-electron chi connectivity index (χ3n) is 7.21. The van der Waals surface area contributed by atoms with Crippen LogP contribution in [0.4, 0.5) is 30.7 Å². The molecule has 222 valence electrons. The van der Waals surface area contributed by atoms with Gasteiger partial charge in [0.1, 0.15) is 5.82 Å². The second-order valence-electron chi connectivity index (χ2n) is 10.5. The fourth-order valence-corrected chi connectivity index (χ4v) is 5.08. The van der Waals surface area contributed by atoms with Gasteiger partial charge in [0, 0.05) is 32.7 Å². The van der Waals surface area contributed by atoms with Gasteiger partial charge in [-0.2, -0.15) is 18.2 Å². The summed E-state index contributed by atoms with van der Waals surface area (Å²) in [6.07, 6.45) is -1.86. The zero-order valence-electron chi connectivity index (χ0n) is 22.7. The van der Waals surface area contributed by atoms with Gasteiger partial charge in [0.2, 0.25) is 11.7 Å². The second-order valence-corrected chi connectivity index (χ2v) is 10.5. The maximum absolute atomic E-state index is 13.7. The first-order valence-corrected chi connectivity index (χ1v) is 13.4. The van der Waals surface area contributed by atoms with Crippen LogP contribution in [-0.2, 0) is 17.5 Å². The quantitative estimate of drug-likeness (QED) is 0.420. The molecular formula is C28H29F3N6O5. The summed E-state index contributed by atoms with van der Waals surface area (Å²) in [7, 11) is 0. The first kappa shape index (κ1) is 28.9. The number of piperazine rings is 1. The molecule has 2 saturated heterocycles. The lowest BCUT2D eigenvalue weighted by Crippen LogP contribution is -2.50. The van der Waals surface area contributed by atoms with Crippen LogP contribution < -0.4 is 15.1 Å². The van der Waals surface area contributed by atoms with Crippen molar-refractivity contribution in [2.45, 2.75) is 32.5 Å². The highest BCUT2D eigenvalue weighted by molar-refractivity contribution is 6.03. The van der Waals surface area contributed by atoms with Crippen LogP contribution in [0.2, 0.25) is 0 Å². The molecule has 42 heavy (non-hydrogen) atoms. The molecule has 0 spiro atoms. The lowest BCUT2D eigenvalue weighted by Gasteiger charge is -2.35. The standard InChI is InChI=1S/C28H29F3N6O5/c1-17-4-3-9-37(14-17)27-34-24(28(29,30)31)23(42-27)25(39)33-20-7-8-21(32-13-20)35-10-11-36(22(38)16-35)15-18-5-2-6-19(12-18)26(40)41/h2,5-8,12-13,17H,3-4,9-11,14-16H2,1H3,(H,33,39)(H,40,41). The predicted octanol–water partition coefficient (Wildman–Crippen LogP) is 4.12. The lowest BCUT2D eigenvalue weighted by atomic mass is 10.0. The average molecular weight is 587 g/mol. The number of carbonyl (C=O) groups excluding carboxylic acids is 2. The van der Waals surface area contributed by atoms with Gasteiger partial charge in [0.15, 0.2) is 5.69 Å². The van der Waals surface area contributed by atoms with Crippen LogP contribution in [0.1, 0.15) is 51.9 Å². The van der Waals surface area contributed by atoms with E-state index < -0.39 is 29.5 Å². The van der Waals surface area contributed by atoms with E-state index in [9.17, 15) is 32.7 Å². The Morgan fingerprint density at radius 3 is 2.62 bits per heavy atom. The minimum Gasteiger partial charge on any atom is -0.478 e. The van der Waals surface area contributed by atoms with Crippen molar-refractivity contribution in [2.24, 2.45) is 5.92 Å². The van der Waals surface area contributed by atoms with Gasteiger partial charge >= 0.3 is 12.1 Å². The number of halogens is 3. The number of carboxylic acids is 1. The fraction of sp³-hybridized carbons (Fsp3) is 0.393. The van der Waals surface area contributed by atoms with E-state index in [1.165, 1.54) is 24.4 Å². The van der Waals surface area contributed by atoms with E-state index in [-0.39, 0.29) is 42.2 Å². The lowest BCUT2D eigenvalue weighted by molar-refractivity contribution is -0.141. The Morgan fingerprint density at radius 2 is 1.95 bits per heavy atom. The van der Waals surface area contributed by atoms with Crippen LogP contribution >= 0.6 is 0 Å². The molecule has 0 radical (unpaired) electrons. The molecule has 2 aliphatic rings. The van der Waals surface area contributed by atoms with E-state index in [1.807, 2.05) is 6.92 Å². The smallest absolute Gasteiger partial charge is 0.437 e. The van der Waals surface area contributed by atoms with Crippen molar-refractivity contribution < 1.29 is 37.1 Å². The molecule has 4 heterocycles. The molecule has 2 aromatic heterocycles. The van der Waals surface area contributed by atoms with Crippen molar-refractivity contribution in [2.75, 3.05) is 47.8 Å². The van der Waals surface area contributed by atoms with E-state index in [0.717, 1.165) is 12.8 Å². The number of pyridine rings is 1. The Labute approximate surface area is 238 Å². The Hall–Kier alpha value is -4.62. The van der Waals surface area contributed by atoms with E-state index in [4.69, 9.17) is 4.42 Å². The summed E-state index contributed by atoms with van der Waals surface area (Å²) in [6.45, 7) is 4.09. The number of oxazole rings is 1. The zero-order chi connectivity index (χ0) is 30.0. The highest BCUT2D eigenvalue weighted by atomic mass is 19.4. The number of benzene rings is 1. The van der Waals surface area contributed by atoms with E-state index in [1.54, 1.807) is 32.9 Å². The van der Waals surface area contributed by atoms with Crippen molar-refractivity contribution in [3.05, 3.63) is 65.2 Å². The zero-order valence-corrected chi connectivity index (χ0v) is 22.7. The molecule has 1 unspecified atom stereocenters. The van der Waals surface area contributed by atoms with Gasteiger partial charge in [-0.15, -0.1) is 0 Å². The number of hydrogen-bond acceptors (Lipinski definition) is 8. The van der Waals surface area contributed by atoms with Crippen LogP contribution in [0.15, 0.2) is 47.0 Å². The molecular weight excluding hydrogens is 557 g/mol. The number of rotatable bonds is 7. The van der Waals surface area contributed by atoms with Crippen LogP contribution in [0.3, 0.4) is 0 Å². The average Bonchev–Trinajstić information content (AvgIpc) is 3.42. The summed E-state index contributed by atoms with van der Waals surface area (Å²) in [5, 5.41) is 11.6. The molecule has 11 nitrogen and oxygen atoms in total. The summed E-state index contributed by atoms with van der Waals surface area (Å²) in [5.41, 5.74) is -0.397. The number of hydrogen-bond donors (Lipinski definition) is 2. The Bertz CT molecular complexity index is 1480. The van der Waals surface area contributed by atoms with Gasteiger partial charge in [-0.3, -0.25) is 9.59 Å². The molecule has 5 rings (SSSR count). The van der Waals surface area contributed by atoms with Crippen molar-refractivity contribution in [1.82, 2.24) is 14.9 Å². The van der Waals surface area contributed by atoms with Gasteiger partial charge in [-0.1, -0.05) is 19.1 Å². The number of nitrogens with zero attached hydrogens (tertiary/aromatic N) is 5. The number of carboxylic acid groups (broad SMARTS) is 1. The molecule has 0 aliphatic carbocycles. The minimum atomic E-state index is -4.88. The molecule has 2 N–H and O–H groups in total. The third kappa shape index (κ3) is 6.47. The first-order valence-electron chi connectivity index (χ1n) is 13.4. The first-order chi connectivity index (χ1) is 20.0. The molecule has 2 fully saturated rings. The summed E-state index contributed by atoms with van der Waals surface area (Å²) in [6, 6.07) is 9.20. The number of alkyl halides is 3. The van der Waals surface area contributed by atoms with Crippen molar-refractivity contribution in [3.63, 3.8) is 0 Å². The minimum absolute atomic E-state index is 0.0300. The summed E-state index contributed by atoms with van der Waals surface area (Å²) in [4.78, 5) is 49.7. The molecule has 0 bridgehead atoms. The van der Waals surface area contributed by atoms with Gasteiger partial charge in [0.05, 0.1) is 24.0 Å². The SMILES string of the molecule is CC1CCCN(c2nc(C(F)(F)F)c(C(=O)Nc3ccc(N4CCN(Cc5cccc(C(=O)O)c5)C(=O)C4)nc3)o2)C1. The van der Waals surface area contributed by atoms with Gasteiger partial charge in [0.25, 0.3) is 11.9 Å². The normalized spacial score (nSPS) is 17.9. The van der Waals surface area contributed by atoms with Crippen LogP contribution in [0.25, 0.3) is 0 Å². The topological polar surface area (TPSA) is 132 Å². The van der Waals surface area contributed by atoms with Crippen molar-refractivity contribution in [1.29, 1.82) is 0 Å². The molecule has 3 aromatic rings. The Balaban J connectivity index is 1.22. The molecule has 2 aliphatic heterocycles. The highest BCUT2D eigenvalue weighted by Gasteiger charge is 2.42. The van der Waals surface area contributed by atoms with Crippen molar-refractivity contribution in [3.8, 4) is 0 Å². The van der Waals surface area contributed by atoms with Crippen LogP contribution in [-0.4, -0.2) is 70.5 Å². The van der Waals surface area contributed by atoms with Gasteiger partial charge in [-0.05, 0) is 48.6 Å². The second kappa shape index (κ2) is 11.7. The predicted molar refractivity (Wildman–Crippen MR) is 145 cm³/mol. The number of aromatic nitrogens is 2. The van der Waals surface area contributed by atoms with E-state index in [0.29, 0.717) is 37.6 Å². The van der Waals surface area contributed by atoms with E-state index in [2.05, 4.69) is 15.3 Å². The maximum Gasteiger partial charge on any atom is 0.437 e. The fourth-order valence-electron chi connectivity index (χ4n) is 5.08. The highest BCUT2D eigenvalue weighted by Crippen LogP contribution is 2.35. The molecule has 0 saturated carbocycles. The number of nitrogens with one attached hydrogen (secondary N) is 1. The van der Waals surface area contributed by atoms with Crippen LogP contribution in [0.5, 0.6) is 0 Å². The van der Waals surface area contributed by atoms with Crippen LogP contribution in [0, 0.1) is 5.92 Å². The largest absolute Gasteiger partial charge is 0.478 e. The van der Waals surface area contributed by atoms with Gasteiger partial charge < -0.3 is 29.5 Å². The number of anilines is 3. The van der Waals surface area contributed by atoms with Gasteiger partial charge in [-0.25, -0.2) is 9.78 Å². The number of aromatic carboxylic acids is 1. The molecule has 1 aromatic carbocycles. The maximum atomic E-state index is 13.7. The summed E-state index contributed by atoms with van der Waals surface area (Å²) >= 11 is 0. The summed E-state index contributed by atoms with van der Waals surface area (Å²) < 4.78 is 46.5. The third-order valence-corrected chi connectivity index (χ3v) is 7.21. The number of amides is 2. The number of piperidine rings is 1. The monoisotopic (exact) mass is 586 g/mol. The Morgan fingerprint density at radius 1 is 1.14 bits per heavy atom. The Kier molecular flexibility index (Phi) is 8.05. The molecule has 14 heteroatoms. The molecule has 2 amide bonds. The van der Waals surface area contributed by atoms with E-state index >= 15 is 0 Å². The molecule has 1 atom stereocenters. The summed E-state index contributed by atoms with van der Waals surface area (Å²) in [5.74, 6) is -2.53. The number of carbonyl (C=O) groups is 3.